The third-order valence-corrected chi connectivity index (χ3v) is 4.97. The van der Waals surface area contributed by atoms with Crippen molar-refractivity contribution in [3.63, 3.8) is 0 Å². The molecule has 2 heterocycles. The molecule has 0 N–H and O–H groups in total. The number of benzene rings is 2. The minimum absolute atomic E-state index is 0. The molecule has 0 amide bonds. The molecule has 0 aliphatic carbocycles. The fourth-order valence-electron chi connectivity index (χ4n) is 1.92. The van der Waals surface area contributed by atoms with Crippen molar-refractivity contribution in [1.29, 1.82) is 0 Å². The Bertz CT molecular complexity index is 895. The first kappa shape index (κ1) is 19.1. The smallest absolute Gasteiger partial charge is 0.542 e. The first-order valence-corrected chi connectivity index (χ1v) is 8.32. The number of fused-ring (bicyclic) bond motifs is 2. The molecule has 0 unspecified atom stereocenters. The first-order chi connectivity index (χ1) is 11.5. The summed E-state index contributed by atoms with van der Waals surface area (Å²) in [6.45, 7) is 0. The molecule has 0 saturated heterocycles. The molecule has 25 heavy (non-hydrogen) atoms. The molecular formula is C16H8N2O4S2Zn. The van der Waals surface area contributed by atoms with Gasteiger partial charge in [0.05, 0.1) is 20.4 Å². The summed E-state index contributed by atoms with van der Waals surface area (Å²) in [4.78, 5) is 28.6. The summed E-state index contributed by atoms with van der Waals surface area (Å²) in [7, 11) is 0. The van der Waals surface area contributed by atoms with Crippen molar-refractivity contribution in [2.45, 2.75) is 0 Å². The van der Waals surface area contributed by atoms with Gasteiger partial charge in [-0.15, -0.1) is 22.7 Å². The number of carbonyl (C=O) groups excluding carboxylic acids is 2. The standard InChI is InChI=1S/2C8H5NO2S.Zn/c2*10-8(11)7-9-5-3-1-2-4-6(5)12-7;/h2*1-4H,(H,10,11);/q;;+2/p-2. The molecule has 0 saturated carbocycles. The van der Waals surface area contributed by atoms with Gasteiger partial charge in [-0.3, -0.25) is 0 Å². The second-order valence-corrected chi connectivity index (χ2v) is 6.61. The van der Waals surface area contributed by atoms with E-state index >= 15 is 0 Å². The first-order valence-electron chi connectivity index (χ1n) is 6.68. The number of aromatic carboxylic acids is 2. The van der Waals surface area contributed by atoms with Crippen LogP contribution in [0.15, 0.2) is 48.5 Å². The zero-order valence-corrected chi connectivity index (χ0v) is 17.3. The van der Waals surface area contributed by atoms with Crippen molar-refractivity contribution in [1.82, 2.24) is 9.97 Å². The van der Waals surface area contributed by atoms with E-state index in [1.54, 1.807) is 12.1 Å². The van der Waals surface area contributed by atoms with E-state index in [-0.39, 0.29) is 29.5 Å². The summed E-state index contributed by atoms with van der Waals surface area (Å²) in [5.74, 6) is -2.42. The molecule has 4 aromatic rings. The zero-order valence-electron chi connectivity index (χ0n) is 12.7. The van der Waals surface area contributed by atoms with Gasteiger partial charge in [0.15, 0.2) is 0 Å². The van der Waals surface area contributed by atoms with Crippen molar-refractivity contribution >= 4 is 55.0 Å². The van der Waals surface area contributed by atoms with E-state index in [0.29, 0.717) is 11.0 Å². The second-order valence-electron chi connectivity index (χ2n) is 4.55. The Labute approximate surface area is 162 Å². The summed E-state index contributed by atoms with van der Waals surface area (Å²) < 4.78 is 1.74. The number of aromatic nitrogens is 2. The van der Waals surface area contributed by atoms with Gasteiger partial charge in [0.1, 0.15) is 22.0 Å². The second kappa shape index (κ2) is 8.24. The van der Waals surface area contributed by atoms with Crippen LogP contribution in [0.5, 0.6) is 0 Å². The summed E-state index contributed by atoms with van der Waals surface area (Å²) in [5, 5.41) is 20.9. The normalized spacial score (nSPS) is 9.92. The Kier molecular flexibility index (Phi) is 6.30. The number of hydrogen-bond donors (Lipinski definition) is 0. The molecule has 9 heteroatoms. The van der Waals surface area contributed by atoms with Gasteiger partial charge >= 0.3 is 19.5 Å². The van der Waals surface area contributed by atoms with Crippen LogP contribution in [0.2, 0.25) is 0 Å². The number of carboxylic acid groups (broad SMARTS) is 2. The Morgan fingerprint density at radius 3 is 1.40 bits per heavy atom. The number of hydrogen-bond acceptors (Lipinski definition) is 8. The van der Waals surface area contributed by atoms with E-state index in [1.165, 1.54) is 0 Å². The van der Waals surface area contributed by atoms with Crippen LogP contribution in [0, 0.1) is 0 Å². The number of carbonyl (C=O) groups is 2. The molecule has 0 atom stereocenters. The maximum absolute atomic E-state index is 10.4. The number of nitrogens with zero attached hydrogens (tertiary/aromatic N) is 2. The SMILES string of the molecule is O=C([O-])c1nc2ccccc2s1.O=C([O-])c1nc2ccccc2s1.[Zn+2]. The van der Waals surface area contributed by atoms with Crippen LogP contribution >= 0.6 is 22.7 Å². The molecule has 4 rings (SSSR count). The predicted octanol–water partition coefficient (Wildman–Crippen LogP) is 1.32. The van der Waals surface area contributed by atoms with E-state index in [0.717, 1.165) is 32.1 Å². The molecule has 2 aromatic heterocycles. The summed E-state index contributed by atoms with van der Waals surface area (Å²) >= 11 is 2.26. The van der Waals surface area contributed by atoms with Gasteiger partial charge < -0.3 is 19.8 Å². The zero-order chi connectivity index (χ0) is 17.1. The van der Waals surface area contributed by atoms with Gasteiger partial charge in [0, 0.05) is 0 Å². The average Bonchev–Trinajstić information content (AvgIpc) is 3.19. The number of thiazole rings is 2. The van der Waals surface area contributed by atoms with Gasteiger partial charge in [-0.2, -0.15) is 0 Å². The van der Waals surface area contributed by atoms with Crippen LogP contribution in [-0.4, -0.2) is 21.9 Å². The third-order valence-electron chi connectivity index (χ3n) is 2.94. The van der Waals surface area contributed by atoms with E-state index < -0.39 is 11.9 Å². The van der Waals surface area contributed by atoms with Crippen molar-refractivity contribution in [2.24, 2.45) is 0 Å². The fraction of sp³-hybridized carbons (Fsp3) is 0. The monoisotopic (exact) mass is 420 g/mol. The van der Waals surface area contributed by atoms with Gasteiger partial charge in [-0.05, 0) is 24.3 Å². The van der Waals surface area contributed by atoms with Crippen LogP contribution in [0.3, 0.4) is 0 Å². The Morgan fingerprint density at radius 2 is 1.08 bits per heavy atom. The van der Waals surface area contributed by atoms with Crippen LogP contribution in [0.25, 0.3) is 20.4 Å². The Hall–Kier alpha value is -2.22. The van der Waals surface area contributed by atoms with Gasteiger partial charge in [-0.25, -0.2) is 9.97 Å². The summed E-state index contributed by atoms with van der Waals surface area (Å²) in [6.07, 6.45) is 0. The number of carboxylic acids is 2. The van der Waals surface area contributed by atoms with Gasteiger partial charge in [0.2, 0.25) is 0 Å². The predicted molar refractivity (Wildman–Crippen MR) is 87.9 cm³/mol. The quantitative estimate of drug-likeness (QED) is 0.452. The fourth-order valence-corrected chi connectivity index (χ4v) is 3.52. The molecule has 6 nitrogen and oxygen atoms in total. The van der Waals surface area contributed by atoms with Crippen molar-refractivity contribution < 1.29 is 39.3 Å². The van der Waals surface area contributed by atoms with E-state index in [4.69, 9.17) is 0 Å². The number of rotatable bonds is 2. The topological polar surface area (TPSA) is 106 Å². The van der Waals surface area contributed by atoms with Crippen molar-refractivity contribution in [2.75, 3.05) is 0 Å². The molecule has 0 aliphatic rings. The molecular weight excluding hydrogens is 414 g/mol. The van der Waals surface area contributed by atoms with Crippen LogP contribution < -0.4 is 10.2 Å². The molecule has 0 radical (unpaired) electrons. The van der Waals surface area contributed by atoms with Gasteiger partial charge in [-0.1, -0.05) is 24.3 Å². The molecule has 0 spiro atoms. The maximum atomic E-state index is 10.4. The molecule has 0 bridgehead atoms. The van der Waals surface area contributed by atoms with Crippen LogP contribution in [0.1, 0.15) is 19.6 Å². The maximum Gasteiger partial charge on any atom is 2.00 e. The van der Waals surface area contributed by atoms with Crippen molar-refractivity contribution in [3.05, 3.63) is 58.5 Å². The molecule has 0 fully saturated rings. The minimum Gasteiger partial charge on any atom is -0.542 e. The van der Waals surface area contributed by atoms with E-state index in [2.05, 4.69) is 9.97 Å². The molecule has 120 valence electrons. The number of para-hydroxylation sites is 2. The average molecular weight is 422 g/mol. The summed E-state index contributed by atoms with van der Waals surface area (Å²) in [5.41, 5.74) is 1.42. The largest absolute Gasteiger partial charge is 2.00 e. The Morgan fingerprint density at radius 1 is 0.720 bits per heavy atom. The van der Waals surface area contributed by atoms with Gasteiger partial charge in [0.25, 0.3) is 0 Å². The molecule has 0 aliphatic heterocycles. The Balaban J connectivity index is 0.000000173. The van der Waals surface area contributed by atoms with Crippen molar-refractivity contribution in [3.8, 4) is 0 Å². The van der Waals surface area contributed by atoms with E-state index in [1.807, 2.05) is 36.4 Å². The van der Waals surface area contributed by atoms with Crippen LogP contribution in [0.4, 0.5) is 0 Å². The molecule has 2 aromatic carbocycles. The third kappa shape index (κ3) is 4.45. The van der Waals surface area contributed by atoms with E-state index in [9.17, 15) is 19.8 Å². The van der Waals surface area contributed by atoms with Crippen LogP contribution in [-0.2, 0) is 19.5 Å². The minimum atomic E-state index is -1.21. The summed E-state index contributed by atoms with van der Waals surface area (Å²) in [6, 6.07) is 14.6.